The standard InChI is InChI=1S/C14H11N5O2/c20-14(21)12-8-4-7-11(15-12)9-19-17-13(16-18-19)10-5-2-1-3-6-10/h1-8H,9H2,(H,20,21). The number of hydrogen-bond acceptors (Lipinski definition) is 5. The third kappa shape index (κ3) is 2.92. The van der Waals surface area contributed by atoms with E-state index in [0.29, 0.717) is 11.5 Å². The van der Waals surface area contributed by atoms with Gasteiger partial charge in [0.2, 0.25) is 5.82 Å². The van der Waals surface area contributed by atoms with Gasteiger partial charge in [-0.15, -0.1) is 10.2 Å². The molecule has 3 rings (SSSR count). The van der Waals surface area contributed by atoms with E-state index in [2.05, 4.69) is 20.4 Å². The number of pyridine rings is 1. The number of carboxylic acids is 1. The van der Waals surface area contributed by atoms with Crippen LogP contribution in [-0.2, 0) is 6.54 Å². The van der Waals surface area contributed by atoms with E-state index in [1.165, 1.54) is 10.9 Å². The van der Waals surface area contributed by atoms with Gasteiger partial charge in [-0.3, -0.25) is 0 Å². The zero-order valence-electron chi connectivity index (χ0n) is 10.9. The van der Waals surface area contributed by atoms with Crippen LogP contribution in [0.3, 0.4) is 0 Å². The van der Waals surface area contributed by atoms with Crippen molar-refractivity contribution in [3.63, 3.8) is 0 Å². The average molecular weight is 281 g/mol. The van der Waals surface area contributed by atoms with Gasteiger partial charge in [0.25, 0.3) is 0 Å². The maximum Gasteiger partial charge on any atom is 0.354 e. The summed E-state index contributed by atoms with van der Waals surface area (Å²) in [6.07, 6.45) is 0. The van der Waals surface area contributed by atoms with E-state index in [0.717, 1.165) is 5.56 Å². The molecule has 0 aliphatic carbocycles. The molecule has 3 aromatic rings. The van der Waals surface area contributed by atoms with Crippen LogP contribution in [0.5, 0.6) is 0 Å². The van der Waals surface area contributed by atoms with Gasteiger partial charge in [-0.2, -0.15) is 4.80 Å². The molecule has 1 aromatic carbocycles. The van der Waals surface area contributed by atoms with E-state index in [-0.39, 0.29) is 12.2 Å². The lowest BCUT2D eigenvalue weighted by atomic mass is 10.2. The fraction of sp³-hybridized carbons (Fsp3) is 0.0714. The van der Waals surface area contributed by atoms with Crippen molar-refractivity contribution in [2.45, 2.75) is 6.54 Å². The highest BCUT2D eigenvalue weighted by atomic mass is 16.4. The minimum absolute atomic E-state index is 0.00380. The van der Waals surface area contributed by atoms with E-state index in [1.807, 2.05) is 30.3 Å². The normalized spacial score (nSPS) is 10.5. The van der Waals surface area contributed by atoms with Crippen LogP contribution in [0.25, 0.3) is 11.4 Å². The lowest BCUT2D eigenvalue weighted by Crippen LogP contribution is -2.08. The van der Waals surface area contributed by atoms with Crippen LogP contribution in [0.2, 0.25) is 0 Å². The highest BCUT2D eigenvalue weighted by Gasteiger charge is 2.08. The maximum absolute atomic E-state index is 10.9. The summed E-state index contributed by atoms with van der Waals surface area (Å²) >= 11 is 0. The molecule has 0 atom stereocenters. The van der Waals surface area contributed by atoms with Gasteiger partial charge in [-0.05, 0) is 17.3 Å². The quantitative estimate of drug-likeness (QED) is 0.778. The van der Waals surface area contributed by atoms with Crippen molar-refractivity contribution in [1.82, 2.24) is 25.2 Å². The molecule has 0 saturated carbocycles. The van der Waals surface area contributed by atoms with Gasteiger partial charge in [0.1, 0.15) is 12.2 Å². The van der Waals surface area contributed by atoms with Gasteiger partial charge in [-0.25, -0.2) is 9.78 Å². The molecule has 1 N–H and O–H groups in total. The summed E-state index contributed by atoms with van der Waals surface area (Å²) < 4.78 is 0. The Bertz CT molecular complexity index is 770. The summed E-state index contributed by atoms with van der Waals surface area (Å²) in [5, 5.41) is 21.1. The molecule has 2 heterocycles. The molecular weight excluding hydrogens is 270 g/mol. The monoisotopic (exact) mass is 281 g/mol. The number of tetrazole rings is 1. The van der Waals surface area contributed by atoms with Crippen LogP contribution in [0.4, 0.5) is 0 Å². The van der Waals surface area contributed by atoms with Crippen LogP contribution in [0, 0.1) is 0 Å². The van der Waals surface area contributed by atoms with Crippen LogP contribution < -0.4 is 0 Å². The Hall–Kier alpha value is -3.09. The molecule has 7 heteroatoms. The third-order valence-corrected chi connectivity index (χ3v) is 2.81. The van der Waals surface area contributed by atoms with Gasteiger partial charge in [0, 0.05) is 5.56 Å². The molecule has 0 aliphatic rings. The van der Waals surface area contributed by atoms with Crippen molar-refractivity contribution >= 4 is 5.97 Å². The second-order valence-corrected chi connectivity index (χ2v) is 4.33. The highest BCUT2D eigenvalue weighted by molar-refractivity contribution is 5.85. The van der Waals surface area contributed by atoms with E-state index in [4.69, 9.17) is 5.11 Å². The third-order valence-electron chi connectivity index (χ3n) is 2.81. The number of hydrogen-bond donors (Lipinski definition) is 1. The molecule has 0 spiro atoms. The zero-order chi connectivity index (χ0) is 14.7. The first-order valence-electron chi connectivity index (χ1n) is 6.25. The van der Waals surface area contributed by atoms with Crippen LogP contribution >= 0.6 is 0 Å². The molecule has 104 valence electrons. The summed E-state index contributed by atoms with van der Waals surface area (Å²) in [5.74, 6) is -0.543. The Kier molecular flexibility index (Phi) is 3.38. The number of nitrogens with zero attached hydrogens (tertiary/aromatic N) is 5. The van der Waals surface area contributed by atoms with Crippen LogP contribution in [-0.4, -0.2) is 36.3 Å². The summed E-state index contributed by atoms with van der Waals surface area (Å²) in [5.41, 5.74) is 1.43. The Morgan fingerprint density at radius 2 is 1.90 bits per heavy atom. The zero-order valence-corrected chi connectivity index (χ0v) is 10.9. The Morgan fingerprint density at radius 3 is 2.67 bits per heavy atom. The van der Waals surface area contributed by atoms with Gasteiger partial charge < -0.3 is 5.11 Å². The van der Waals surface area contributed by atoms with Crippen molar-refractivity contribution in [2.75, 3.05) is 0 Å². The Labute approximate surface area is 119 Å². The van der Waals surface area contributed by atoms with Crippen molar-refractivity contribution < 1.29 is 9.90 Å². The predicted octanol–water partition coefficient (Wildman–Crippen LogP) is 1.48. The number of aromatic nitrogens is 5. The minimum Gasteiger partial charge on any atom is -0.477 e. The van der Waals surface area contributed by atoms with Crippen molar-refractivity contribution in [3.8, 4) is 11.4 Å². The minimum atomic E-state index is -1.06. The topological polar surface area (TPSA) is 93.8 Å². The molecule has 0 aliphatic heterocycles. The first kappa shape index (κ1) is 12.9. The summed E-state index contributed by atoms with van der Waals surface area (Å²) in [7, 11) is 0. The van der Waals surface area contributed by atoms with Gasteiger partial charge in [0.15, 0.2) is 0 Å². The molecule has 2 aromatic heterocycles. The number of aromatic carboxylic acids is 1. The fourth-order valence-corrected chi connectivity index (χ4v) is 1.84. The summed E-state index contributed by atoms with van der Waals surface area (Å²) in [6.45, 7) is 0.265. The molecule has 0 saturated heterocycles. The van der Waals surface area contributed by atoms with Crippen molar-refractivity contribution in [1.29, 1.82) is 0 Å². The van der Waals surface area contributed by atoms with E-state index in [9.17, 15) is 4.79 Å². The average Bonchev–Trinajstić information content (AvgIpc) is 2.97. The number of carbonyl (C=O) groups is 1. The SMILES string of the molecule is O=C(O)c1cccc(Cn2nnc(-c3ccccc3)n2)n1. The van der Waals surface area contributed by atoms with Crippen LogP contribution in [0.15, 0.2) is 48.5 Å². The molecular formula is C14H11N5O2. The second kappa shape index (κ2) is 5.49. The summed E-state index contributed by atoms with van der Waals surface area (Å²) in [6, 6.07) is 14.3. The van der Waals surface area contributed by atoms with Gasteiger partial charge >= 0.3 is 5.97 Å². The Balaban J connectivity index is 1.82. The molecule has 21 heavy (non-hydrogen) atoms. The molecule has 0 amide bonds. The van der Waals surface area contributed by atoms with Crippen molar-refractivity contribution in [2.24, 2.45) is 0 Å². The number of rotatable bonds is 4. The van der Waals surface area contributed by atoms with Gasteiger partial charge in [-0.1, -0.05) is 36.4 Å². The Morgan fingerprint density at radius 1 is 1.10 bits per heavy atom. The molecule has 7 nitrogen and oxygen atoms in total. The van der Waals surface area contributed by atoms with E-state index < -0.39 is 5.97 Å². The predicted molar refractivity (Wildman–Crippen MR) is 73.6 cm³/mol. The van der Waals surface area contributed by atoms with Crippen molar-refractivity contribution in [3.05, 3.63) is 59.9 Å². The van der Waals surface area contributed by atoms with Gasteiger partial charge in [0.05, 0.1) is 5.69 Å². The molecule has 0 radical (unpaired) electrons. The number of benzene rings is 1. The lowest BCUT2D eigenvalue weighted by molar-refractivity contribution is 0.0690. The highest BCUT2D eigenvalue weighted by Crippen LogP contribution is 2.12. The molecule has 0 fully saturated rings. The second-order valence-electron chi connectivity index (χ2n) is 4.33. The fourth-order valence-electron chi connectivity index (χ4n) is 1.84. The largest absolute Gasteiger partial charge is 0.477 e. The smallest absolute Gasteiger partial charge is 0.354 e. The first-order valence-corrected chi connectivity index (χ1v) is 6.25. The number of carboxylic acid groups (broad SMARTS) is 1. The maximum atomic E-state index is 10.9. The lowest BCUT2D eigenvalue weighted by Gasteiger charge is -2.00. The van der Waals surface area contributed by atoms with E-state index >= 15 is 0 Å². The van der Waals surface area contributed by atoms with Crippen LogP contribution in [0.1, 0.15) is 16.2 Å². The van der Waals surface area contributed by atoms with E-state index in [1.54, 1.807) is 12.1 Å². The summed E-state index contributed by atoms with van der Waals surface area (Å²) in [4.78, 5) is 16.3. The molecule has 0 unspecified atom stereocenters. The molecule has 0 bridgehead atoms. The first-order chi connectivity index (χ1) is 10.2.